The lowest BCUT2D eigenvalue weighted by Gasteiger charge is -2.34. The van der Waals surface area contributed by atoms with E-state index < -0.39 is 6.09 Å². The second kappa shape index (κ2) is 13.0. The Hall–Kier alpha value is -4.21. The van der Waals surface area contributed by atoms with E-state index in [1.54, 1.807) is 24.4 Å². The zero-order valence-corrected chi connectivity index (χ0v) is 25.9. The molecule has 4 aromatic rings. The molecular formula is C33H36ClFN6O2. The molecule has 43 heavy (non-hydrogen) atoms. The summed E-state index contributed by atoms with van der Waals surface area (Å²) in [5.74, 6) is 0.717. The molecule has 3 aromatic carbocycles. The van der Waals surface area contributed by atoms with Crippen LogP contribution in [0.4, 0.5) is 32.3 Å². The van der Waals surface area contributed by atoms with Crippen molar-refractivity contribution in [2.45, 2.75) is 34.2 Å². The maximum atomic E-state index is 15.1. The number of anilines is 4. The molecule has 1 aliphatic heterocycles. The van der Waals surface area contributed by atoms with E-state index >= 15 is 4.39 Å². The highest BCUT2D eigenvalue weighted by Crippen LogP contribution is 2.29. The Morgan fingerprint density at radius 3 is 2.40 bits per heavy atom. The van der Waals surface area contributed by atoms with E-state index in [1.165, 1.54) is 11.0 Å². The van der Waals surface area contributed by atoms with E-state index in [4.69, 9.17) is 16.3 Å². The van der Waals surface area contributed by atoms with Gasteiger partial charge in [-0.15, -0.1) is 0 Å². The molecule has 0 bridgehead atoms. The number of nitrogens with one attached hydrogen (secondary N) is 1. The average molecular weight is 603 g/mol. The van der Waals surface area contributed by atoms with Gasteiger partial charge in [-0.25, -0.2) is 14.2 Å². The maximum Gasteiger partial charge on any atom is 0.421 e. The molecule has 0 aliphatic carbocycles. The van der Waals surface area contributed by atoms with Crippen LogP contribution < -0.4 is 19.9 Å². The number of rotatable bonds is 7. The fourth-order valence-corrected chi connectivity index (χ4v) is 5.46. The molecule has 1 amide bonds. The van der Waals surface area contributed by atoms with Crippen LogP contribution in [0, 0.1) is 33.5 Å². The molecule has 0 atom stereocenters. The van der Waals surface area contributed by atoms with Gasteiger partial charge in [-0.05, 0) is 93.4 Å². The van der Waals surface area contributed by atoms with Crippen LogP contribution in [0.25, 0.3) is 0 Å². The number of hydrogen-bond donors (Lipinski definition) is 1. The predicted octanol–water partition coefficient (Wildman–Crippen LogP) is 7.20. The zero-order chi connectivity index (χ0) is 30.7. The topological polar surface area (TPSA) is 73.8 Å². The first-order valence-electron chi connectivity index (χ1n) is 14.2. The third kappa shape index (κ3) is 7.24. The molecule has 5 rings (SSSR count). The van der Waals surface area contributed by atoms with Crippen molar-refractivity contribution in [2.75, 3.05) is 48.3 Å². The number of hydrogen-bond acceptors (Lipinski definition) is 7. The predicted molar refractivity (Wildman–Crippen MR) is 170 cm³/mol. The molecular weight excluding hydrogens is 567 g/mol. The summed E-state index contributed by atoms with van der Waals surface area (Å²) >= 11 is 6.30. The van der Waals surface area contributed by atoms with E-state index in [2.05, 4.69) is 32.1 Å². The van der Waals surface area contributed by atoms with E-state index in [0.29, 0.717) is 28.0 Å². The Morgan fingerprint density at radius 1 is 0.977 bits per heavy atom. The van der Waals surface area contributed by atoms with Gasteiger partial charge in [0, 0.05) is 43.1 Å². The SMILES string of the molecule is Cc1cc(C)c(OC(=O)N(Cc2cc(Cl)ccc2C)c2ccnc(Nc3ccc(N4CCN(C)CC4)c(F)c3)n2)c(C)c1. The van der Waals surface area contributed by atoms with E-state index in [9.17, 15) is 4.79 Å². The van der Waals surface area contributed by atoms with Gasteiger partial charge >= 0.3 is 6.09 Å². The molecule has 1 N–H and O–H groups in total. The van der Waals surface area contributed by atoms with E-state index in [0.717, 1.165) is 54.0 Å². The summed E-state index contributed by atoms with van der Waals surface area (Å²) in [7, 11) is 2.07. The molecule has 0 saturated carbocycles. The van der Waals surface area contributed by atoms with Gasteiger partial charge < -0.3 is 19.9 Å². The Labute approximate surface area is 257 Å². The highest BCUT2D eigenvalue weighted by Gasteiger charge is 2.24. The molecule has 1 aliphatic rings. The highest BCUT2D eigenvalue weighted by atomic mass is 35.5. The standard InChI is InChI=1S/C33H36ClFN6O2/c1-21-16-23(3)31(24(4)17-21)43-33(42)41(20-25-18-26(34)7-6-22(25)2)30-10-11-36-32(38-30)37-27-8-9-29(28(35)19-27)40-14-12-39(5)13-15-40/h6-11,16-19H,12-15,20H2,1-5H3,(H,36,37,38). The summed E-state index contributed by atoms with van der Waals surface area (Å²) in [6.45, 7) is 11.3. The lowest BCUT2D eigenvalue weighted by molar-refractivity contribution is 0.206. The Balaban J connectivity index is 1.42. The second-order valence-corrected chi connectivity index (χ2v) is 11.5. The summed E-state index contributed by atoms with van der Waals surface area (Å²) < 4.78 is 21.1. The highest BCUT2D eigenvalue weighted by molar-refractivity contribution is 6.30. The van der Waals surface area contributed by atoms with Crippen LogP contribution in [0.15, 0.2) is 60.8 Å². The van der Waals surface area contributed by atoms with Gasteiger partial charge in [0.1, 0.15) is 17.4 Å². The molecule has 1 saturated heterocycles. The van der Waals surface area contributed by atoms with Crippen LogP contribution in [0.1, 0.15) is 27.8 Å². The van der Waals surface area contributed by atoms with Crippen LogP contribution in [0.5, 0.6) is 5.75 Å². The molecule has 1 fully saturated rings. The van der Waals surface area contributed by atoms with Gasteiger partial charge in [0.05, 0.1) is 12.2 Å². The van der Waals surface area contributed by atoms with Crippen LogP contribution in [0.3, 0.4) is 0 Å². The van der Waals surface area contributed by atoms with Gasteiger partial charge in [-0.2, -0.15) is 4.98 Å². The van der Waals surface area contributed by atoms with E-state index in [-0.39, 0.29) is 18.3 Å². The maximum absolute atomic E-state index is 15.1. The molecule has 10 heteroatoms. The lowest BCUT2D eigenvalue weighted by atomic mass is 10.1. The number of piperazine rings is 1. The van der Waals surface area contributed by atoms with Gasteiger partial charge in [0.2, 0.25) is 5.95 Å². The average Bonchev–Trinajstić information content (AvgIpc) is 2.96. The third-order valence-corrected chi connectivity index (χ3v) is 7.85. The Bertz CT molecular complexity index is 1620. The fraction of sp³-hybridized carbons (Fsp3) is 0.303. The number of aromatic nitrogens is 2. The first-order valence-corrected chi connectivity index (χ1v) is 14.6. The van der Waals surface area contributed by atoms with Gasteiger partial charge in [-0.3, -0.25) is 4.90 Å². The number of carbonyl (C=O) groups excluding carboxylic acids is 1. The van der Waals surface area contributed by atoms with E-state index in [1.807, 2.05) is 58.0 Å². The number of halogens is 2. The smallest absolute Gasteiger partial charge is 0.409 e. The van der Waals surface area contributed by atoms with Gasteiger partial charge in [0.15, 0.2) is 0 Å². The summed E-state index contributed by atoms with van der Waals surface area (Å²) in [5, 5.41) is 3.65. The number of nitrogens with zero attached hydrogens (tertiary/aromatic N) is 5. The van der Waals surface area contributed by atoms with Crippen molar-refractivity contribution in [3.63, 3.8) is 0 Å². The van der Waals surface area contributed by atoms with Crippen molar-refractivity contribution in [2.24, 2.45) is 0 Å². The summed E-state index contributed by atoms with van der Waals surface area (Å²) in [6.07, 6.45) is 0.953. The first-order chi connectivity index (χ1) is 20.6. The minimum Gasteiger partial charge on any atom is -0.409 e. The molecule has 224 valence electrons. The van der Waals surface area contributed by atoms with Crippen molar-refractivity contribution in [3.8, 4) is 5.75 Å². The van der Waals surface area contributed by atoms with Crippen LogP contribution in [-0.2, 0) is 6.54 Å². The summed E-state index contributed by atoms with van der Waals surface area (Å²) in [6, 6.07) is 16.1. The normalized spacial score (nSPS) is 13.6. The van der Waals surface area contributed by atoms with Crippen molar-refractivity contribution < 1.29 is 13.9 Å². The largest absolute Gasteiger partial charge is 0.421 e. The molecule has 1 aromatic heterocycles. The van der Waals surface area contributed by atoms with Crippen LogP contribution in [0.2, 0.25) is 5.02 Å². The van der Waals surface area contributed by atoms with Crippen molar-refractivity contribution in [1.29, 1.82) is 0 Å². The summed E-state index contributed by atoms with van der Waals surface area (Å²) in [4.78, 5) is 28.4. The summed E-state index contributed by atoms with van der Waals surface area (Å²) in [5.41, 5.74) is 5.68. The number of ether oxygens (including phenoxy) is 1. The van der Waals surface area contributed by atoms with Gasteiger partial charge in [0.25, 0.3) is 0 Å². The fourth-order valence-electron chi connectivity index (χ4n) is 5.27. The minimum absolute atomic E-state index is 0.167. The Kier molecular flexibility index (Phi) is 9.13. The van der Waals surface area contributed by atoms with Gasteiger partial charge in [-0.1, -0.05) is 35.4 Å². The number of carbonyl (C=O) groups is 1. The number of amides is 1. The molecule has 2 heterocycles. The van der Waals surface area contributed by atoms with Crippen molar-refractivity contribution in [3.05, 3.63) is 99.5 Å². The minimum atomic E-state index is -0.596. The quantitative estimate of drug-likeness (QED) is 0.240. The van der Waals surface area contributed by atoms with Crippen LogP contribution in [-0.4, -0.2) is 54.2 Å². The molecule has 0 unspecified atom stereocenters. The number of likely N-dealkylation sites (N-methyl/N-ethyl adjacent to an activating group) is 1. The number of benzene rings is 3. The molecule has 8 nitrogen and oxygen atoms in total. The van der Waals surface area contributed by atoms with Crippen molar-refractivity contribution in [1.82, 2.24) is 14.9 Å². The van der Waals surface area contributed by atoms with Crippen molar-refractivity contribution >= 4 is 40.8 Å². The van der Waals surface area contributed by atoms with Crippen LogP contribution >= 0.6 is 11.6 Å². The number of aryl methyl sites for hydroxylation is 4. The first kappa shape index (κ1) is 30.3. The molecule has 0 radical (unpaired) electrons. The Morgan fingerprint density at radius 2 is 1.70 bits per heavy atom. The molecule has 0 spiro atoms. The zero-order valence-electron chi connectivity index (χ0n) is 25.1. The lowest BCUT2D eigenvalue weighted by Crippen LogP contribution is -2.44. The monoisotopic (exact) mass is 602 g/mol. The second-order valence-electron chi connectivity index (χ2n) is 11.1. The third-order valence-electron chi connectivity index (χ3n) is 7.62.